The van der Waals surface area contributed by atoms with Crippen molar-refractivity contribution in [1.29, 1.82) is 0 Å². The number of nitrogens with zero attached hydrogens (tertiary/aromatic N) is 2. The maximum absolute atomic E-state index is 11.7. The van der Waals surface area contributed by atoms with E-state index in [0.29, 0.717) is 12.5 Å². The Balaban J connectivity index is 0.00000392. The molecule has 1 aromatic rings. The average Bonchev–Trinajstić information content (AvgIpc) is 3.08. The van der Waals surface area contributed by atoms with Crippen LogP contribution in [0.4, 0.5) is 0 Å². The maximum atomic E-state index is 11.7. The van der Waals surface area contributed by atoms with Gasteiger partial charge in [-0.3, -0.25) is 9.79 Å². The molecule has 0 saturated carbocycles. The molecule has 1 fully saturated rings. The molecule has 0 bridgehead atoms. The second-order valence-corrected chi connectivity index (χ2v) is 7.56. The molecule has 28 heavy (non-hydrogen) atoms. The number of halogens is 1. The van der Waals surface area contributed by atoms with E-state index in [1.807, 2.05) is 11.9 Å². The number of likely N-dealkylation sites (tertiary alicyclic amines) is 1. The van der Waals surface area contributed by atoms with E-state index < -0.39 is 0 Å². The van der Waals surface area contributed by atoms with Crippen molar-refractivity contribution in [3.63, 3.8) is 0 Å². The third kappa shape index (κ3) is 8.80. The van der Waals surface area contributed by atoms with Gasteiger partial charge in [0.05, 0.1) is 0 Å². The number of aliphatic imine (C=N–C) groups is 1. The van der Waals surface area contributed by atoms with Crippen molar-refractivity contribution in [1.82, 2.24) is 15.5 Å². The molecule has 1 amide bonds. The van der Waals surface area contributed by atoms with Crippen LogP contribution < -0.4 is 10.6 Å². The highest BCUT2D eigenvalue weighted by Gasteiger charge is 2.19. The summed E-state index contributed by atoms with van der Waals surface area (Å²) in [5, 5.41) is 6.87. The molecule has 1 unspecified atom stereocenters. The average molecular weight is 500 g/mol. The lowest BCUT2D eigenvalue weighted by atomic mass is 10.1. The van der Waals surface area contributed by atoms with E-state index in [-0.39, 0.29) is 29.9 Å². The van der Waals surface area contributed by atoms with Gasteiger partial charge >= 0.3 is 0 Å². The van der Waals surface area contributed by atoms with Gasteiger partial charge in [-0.25, -0.2) is 0 Å². The largest absolute Gasteiger partial charge is 0.354 e. The molecular formula is C22H37IN4O. The second kappa shape index (κ2) is 13.8. The van der Waals surface area contributed by atoms with Gasteiger partial charge < -0.3 is 15.5 Å². The Morgan fingerprint density at radius 2 is 1.89 bits per heavy atom. The number of nitrogens with one attached hydrogen (secondary N) is 2. The number of unbranched alkanes of at least 4 members (excludes halogenated alkanes) is 3. The van der Waals surface area contributed by atoms with Crippen LogP contribution in [-0.2, 0) is 17.9 Å². The first-order valence-corrected chi connectivity index (χ1v) is 10.4. The number of hydrogen-bond acceptors (Lipinski definition) is 2. The standard InChI is InChI=1S/C22H36N4O.HI/c1-4-5-6-7-9-18(2)25-22(23-3)24-16-19-11-13-20(14-12-19)17-26-15-8-10-21(26)27;/h11-14,18H,4-10,15-17H2,1-3H3,(H2,23,24,25);1H. The van der Waals surface area contributed by atoms with Gasteiger partial charge in [-0.15, -0.1) is 24.0 Å². The summed E-state index contributed by atoms with van der Waals surface area (Å²) in [6.45, 7) is 6.82. The Bertz CT molecular complexity index is 603. The molecule has 1 aliphatic rings. The fourth-order valence-corrected chi connectivity index (χ4v) is 3.42. The maximum Gasteiger partial charge on any atom is 0.222 e. The van der Waals surface area contributed by atoms with Gasteiger partial charge in [0.2, 0.25) is 5.91 Å². The van der Waals surface area contributed by atoms with E-state index in [1.165, 1.54) is 43.2 Å². The summed E-state index contributed by atoms with van der Waals surface area (Å²) >= 11 is 0. The molecule has 2 N–H and O–H groups in total. The molecule has 1 aliphatic heterocycles. The summed E-state index contributed by atoms with van der Waals surface area (Å²) in [5.74, 6) is 1.13. The van der Waals surface area contributed by atoms with E-state index in [1.54, 1.807) is 0 Å². The first-order chi connectivity index (χ1) is 13.1. The summed E-state index contributed by atoms with van der Waals surface area (Å²) in [7, 11) is 1.81. The molecule has 0 spiro atoms. The van der Waals surface area contributed by atoms with Gasteiger partial charge in [0, 0.05) is 39.1 Å². The van der Waals surface area contributed by atoms with Crippen LogP contribution in [0.1, 0.15) is 69.9 Å². The predicted octanol–water partition coefficient (Wildman–Crippen LogP) is 4.45. The van der Waals surface area contributed by atoms with Crippen LogP contribution in [-0.4, -0.2) is 36.4 Å². The molecule has 0 aromatic heterocycles. The quantitative estimate of drug-likeness (QED) is 0.216. The minimum Gasteiger partial charge on any atom is -0.354 e. The van der Waals surface area contributed by atoms with Crippen LogP contribution in [0, 0.1) is 0 Å². The SMILES string of the molecule is CCCCCCC(C)NC(=NC)NCc1ccc(CN2CCCC2=O)cc1.I. The number of guanidine groups is 1. The molecule has 6 heteroatoms. The lowest BCUT2D eigenvalue weighted by Gasteiger charge is -2.18. The van der Waals surface area contributed by atoms with E-state index in [2.05, 4.69) is 53.7 Å². The minimum atomic E-state index is 0. The molecule has 0 radical (unpaired) electrons. The van der Waals surface area contributed by atoms with E-state index in [9.17, 15) is 4.79 Å². The summed E-state index contributed by atoms with van der Waals surface area (Å²) < 4.78 is 0. The number of amides is 1. The Morgan fingerprint density at radius 1 is 1.18 bits per heavy atom. The first-order valence-electron chi connectivity index (χ1n) is 10.4. The zero-order valence-electron chi connectivity index (χ0n) is 17.7. The van der Waals surface area contributed by atoms with E-state index in [0.717, 1.165) is 32.0 Å². The summed E-state index contributed by atoms with van der Waals surface area (Å²) in [5.41, 5.74) is 2.40. The number of hydrogen-bond donors (Lipinski definition) is 2. The third-order valence-corrected chi connectivity index (χ3v) is 5.13. The lowest BCUT2D eigenvalue weighted by molar-refractivity contribution is -0.128. The zero-order chi connectivity index (χ0) is 19.5. The number of carbonyl (C=O) groups is 1. The zero-order valence-corrected chi connectivity index (χ0v) is 20.0. The molecule has 158 valence electrons. The fourth-order valence-electron chi connectivity index (χ4n) is 3.42. The van der Waals surface area contributed by atoms with Crippen molar-refractivity contribution >= 4 is 35.8 Å². The van der Waals surface area contributed by atoms with Gasteiger partial charge in [0.1, 0.15) is 0 Å². The Morgan fingerprint density at radius 3 is 2.50 bits per heavy atom. The summed E-state index contributed by atoms with van der Waals surface area (Å²) in [4.78, 5) is 18.0. The highest BCUT2D eigenvalue weighted by molar-refractivity contribution is 14.0. The van der Waals surface area contributed by atoms with Crippen LogP contribution in [0.5, 0.6) is 0 Å². The Kier molecular flexibility index (Phi) is 12.2. The van der Waals surface area contributed by atoms with Crippen molar-refractivity contribution in [3.8, 4) is 0 Å². The minimum absolute atomic E-state index is 0. The van der Waals surface area contributed by atoms with Gasteiger partial charge in [-0.1, -0.05) is 56.9 Å². The topological polar surface area (TPSA) is 56.7 Å². The first kappa shape index (κ1) is 24.7. The Hall–Kier alpha value is -1.31. The van der Waals surface area contributed by atoms with Crippen LogP contribution in [0.15, 0.2) is 29.3 Å². The Labute approximate surface area is 187 Å². The smallest absolute Gasteiger partial charge is 0.222 e. The van der Waals surface area contributed by atoms with Crippen molar-refractivity contribution in [2.45, 2.75) is 77.9 Å². The lowest BCUT2D eigenvalue weighted by Crippen LogP contribution is -2.41. The molecule has 0 aliphatic carbocycles. The highest BCUT2D eigenvalue weighted by Crippen LogP contribution is 2.14. The van der Waals surface area contributed by atoms with Gasteiger partial charge in [-0.05, 0) is 30.9 Å². The molecular weight excluding hydrogens is 463 g/mol. The fraction of sp³-hybridized carbons (Fsp3) is 0.636. The van der Waals surface area contributed by atoms with Crippen LogP contribution >= 0.6 is 24.0 Å². The van der Waals surface area contributed by atoms with Crippen molar-refractivity contribution in [2.75, 3.05) is 13.6 Å². The van der Waals surface area contributed by atoms with Crippen LogP contribution in [0.3, 0.4) is 0 Å². The van der Waals surface area contributed by atoms with Crippen LogP contribution in [0.2, 0.25) is 0 Å². The molecule has 5 nitrogen and oxygen atoms in total. The van der Waals surface area contributed by atoms with Crippen molar-refractivity contribution in [2.24, 2.45) is 4.99 Å². The predicted molar refractivity (Wildman–Crippen MR) is 128 cm³/mol. The molecule has 1 aromatic carbocycles. The number of carbonyl (C=O) groups excluding carboxylic acids is 1. The highest BCUT2D eigenvalue weighted by atomic mass is 127. The van der Waals surface area contributed by atoms with E-state index in [4.69, 9.17) is 0 Å². The summed E-state index contributed by atoms with van der Waals surface area (Å²) in [6.07, 6.45) is 8.03. The van der Waals surface area contributed by atoms with Crippen molar-refractivity contribution in [3.05, 3.63) is 35.4 Å². The van der Waals surface area contributed by atoms with Gasteiger partial charge in [-0.2, -0.15) is 0 Å². The number of benzene rings is 1. The third-order valence-electron chi connectivity index (χ3n) is 5.13. The van der Waals surface area contributed by atoms with Gasteiger partial charge in [0.25, 0.3) is 0 Å². The second-order valence-electron chi connectivity index (χ2n) is 7.56. The summed E-state index contributed by atoms with van der Waals surface area (Å²) in [6, 6.07) is 8.92. The van der Waals surface area contributed by atoms with Gasteiger partial charge in [0.15, 0.2) is 5.96 Å². The van der Waals surface area contributed by atoms with Crippen LogP contribution in [0.25, 0.3) is 0 Å². The monoisotopic (exact) mass is 500 g/mol. The number of rotatable bonds is 10. The van der Waals surface area contributed by atoms with Crippen molar-refractivity contribution < 1.29 is 4.79 Å². The molecule has 2 rings (SSSR count). The van der Waals surface area contributed by atoms with E-state index >= 15 is 0 Å². The molecule has 1 atom stereocenters. The normalized spacial score (nSPS) is 15.3. The molecule has 1 saturated heterocycles. The molecule has 1 heterocycles.